The van der Waals surface area contributed by atoms with Crippen LogP contribution in [-0.2, 0) is 0 Å². The molecular formula is C18H18Cl2N6. The monoisotopic (exact) mass is 388 g/mol. The van der Waals surface area contributed by atoms with E-state index in [0.717, 1.165) is 59.5 Å². The van der Waals surface area contributed by atoms with E-state index < -0.39 is 0 Å². The van der Waals surface area contributed by atoms with Crippen LogP contribution in [0.1, 0.15) is 36.8 Å². The molecule has 1 saturated heterocycles. The summed E-state index contributed by atoms with van der Waals surface area (Å²) in [7, 11) is 0. The third kappa shape index (κ3) is 2.92. The molecule has 2 aliphatic rings. The molecule has 1 aliphatic heterocycles. The maximum absolute atomic E-state index is 6.48. The Kier molecular flexibility index (Phi) is 3.99. The third-order valence-corrected chi connectivity index (χ3v) is 5.78. The van der Waals surface area contributed by atoms with Crippen molar-refractivity contribution in [1.82, 2.24) is 25.1 Å². The topological polar surface area (TPSA) is 67.7 Å². The number of rotatable bonds is 4. The highest BCUT2D eigenvalue weighted by Gasteiger charge is 2.27. The van der Waals surface area contributed by atoms with Crippen LogP contribution >= 0.6 is 23.2 Å². The van der Waals surface area contributed by atoms with Crippen LogP contribution in [0.15, 0.2) is 24.5 Å². The van der Waals surface area contributed by atoms with Gasteiger partial charge < -0.3 is 10.6 Å². The predicted molar refractivity (Wildman–Crippen MR) is 104 cm³/mol. The molecule has 0 radical (unpaired) electrons. The fourth-order valence-electron chi connectivity index (χ4n) is 3.49. The predicted octanol–water partition coefficient (Wildman–Crippen LogP) is 4.29. The number of anilines is 2. The zero-order chi connectivity index (χ0) is 17.7. The van der Waals surface area contributed by atoms with Crippen LogP contribution < -0.4 is 10.6 Å². The van der Waals surface area contributed by atoms with E-state index in [9.17, 15) is 0 Å². The van der Waals surface area contributed by atoms with Crippen molar-refractivity contribution in [2.24, 2.45) is 0 Å². The maximum Gasteiger partial charge on any atom is 0.227 e. The molecule has 8 heteroatoms. The number of aromatic nitrogens is 4. The van der Waals surface area contributed by atoms with E-state index >= 15 is 0 Å². The van der Waals surface area contributed by atoms with Gasteiger partial charge in [-0.15, -0.1) is 0 Å². The van der Waals surface area contributed by atoms with Crippen LogP contribution in [0.25, 0.3) is 10.9 Å². The highest BCUT2D eigenvalue weighted by atomic mass is 35.5. The largest absolute Gasteiger partial charge is 0.320 e. The lowest BCUT2D eigenvalue weighted by Crippen LogP contribution is -2.08. The number of benzene rings is 1. The lowest BCUT2D eigenvalue weighted by molar-refractivity contribution is 0.643. The Morgan fingerprint density at radius 1 is 1.15 bits per heavy atom. The van der Waals surface area contributed by atoms with E-state index in [0.29, 0.717) is 23.1 Å². The van der Waals surface area contributed by atoms with Gasteiger partial charge in [0.15, 0.2) is 5.15 Å². The van der Waals surface area contributed by atoms with Crippen molar-refractivity contribution in [2.45, 2.75) is 31.2 Å². The number of fused-ring (bicyclic) bond motifs is 1. The van der Waals surface area contributed by atoms with Crippen molar-refractivity contribution in [3.8, 4) is 0 Å². The summed E-state index contributed by atoms with van der Waals surface area (Å²) in [5, 5.41) is 13.2. The minimum atomic E-state index is 0.431. The zero-order valence-corrected chi connectivity index (χ0v) is 15.6. The second kappa shape index (κ2) is 6.37. The third-order valence-electron chi connectivity index (χ3n) is 5.07. The van der Waals surface area contributed by atoms with Crippen LogP contribution in [0.2, 0.25) is 10.2 Å². The first kappa shape index (κ1) is 16.3. The van der Waals surface area contributed by atoms with Crippen LogP contribution in [0.3, 0.4) is 0 Å². The van der Waals surface area contributed by atoms with E-state index in [1.54, 1.807) is 12.4 Å². The van der Waals surface area contributed by atoms with Gasteiger partial charge in [-0.2, -0.15) is 5.10 Å². The van der Waals surface area contributed by atoms with Crippen molar-refractivity contribution in [3.63, 3.8) is 0 Å². The number of hydrogen-bond acceptors (Lipinski definition) is 5. The van der Waals surface area contributed by atoms with Crippen molar-refractivity contribution < 1.29 is 0 Å². The SMILES string of the molecule is Clc1cc2cnc(Nc3cnn(C4CC4)c3Cl)nc2cc1C1CCNC1. The molecule has 0 bridgehead atoms. The lowest BCUT2D eigenvalue weighted by atomic mass is 9.97. The van der Waals surface area contributed by atoms with Gasteiger partial charge in [0.1, 0.15) is 0 Å². The molecule has 1 unspecified atom stereocenters. The average molecular weight is 389 g/mol. The molecule has 1 aliphatic carbocycles. The van der Waals surface area contributed by atoms with Gasteiger partial charge in [-0.1, -0.05) is 23.2 Å². The van der Waals surface area contributed by atoms with E-state index in [-0.39, 0.29) is 0 Å². The molecule has 2 N–H and O–H groups in total. The molecule has 0 spiro atoms. The molecule has 3 aromatic rings. The maximum atomic E-state index is 6.48. The quantitative estimate of drug-likeness (QED) is 0.697. The molecule has 0 amide bonds. The summed E-state index contributed by atoms with van der Waals surface area (Å²) in [5.74, 6) is 0.942. The molecule has 2 aromatic heterocycles. The van der Waals surface area contributed by atoms with E-state index in [2.05, 4.69) is 31.8 Å². The standard InChI is InChI=1S/C18H18Cl2N6/c19-14-5-11-8-22-18(24-15(11)6-13(14)10-3-4-21-7-10)25-16-9-23-26(17(16)20)12-1-2-12/h5-6,8-10,12,21H,1-4,7H2,(H,22,24,25). The Bertz CT molecular complexity index is 975. The zero-order valence-electron chi connectivity index (χ0n) is 14.0. The summed E-state index contributed by atoms with van der Waals surface area (Å²) < 4.78 is 1.86. The first-order chi connectivity index (χ1) is 12.7. The second-order valence-electron chi connectivity index (χ2n) is 6.97. The first-order valence-corrected chi connectivity index (χ1v) is 9.61. The van der Waals surface area contributed by atoms with Crippen LogP contribution in [0, 0.1) is 0 Å². The fourth-order valence-corrected chi connectivity index (χ4v) is 4.09. The number of hydrogen-bond donors (Lipinski definition) is 2. The number of halogens is 2. The van der Waals surface area contributed by atoms with Gasteiger partial charge in [0.25, 0.3) is 0 Å². The van der Waals surface area contributed by atoms with Crippen molar-refractivity contribution in [1.29, 1.82) is 0 Å². The van der Waals surface area contributed by atoms with E-state index in [4.69, 9.17) is 23.2 Å². The van der Waals surface area contributed by atoms with E-state index in [1.807, 2.05) is 10.7 Å². The molecule has 3 heterocycles. The summed E-state index contributed by atoms with van der Waals surface area (Å²) in [4.78, 5) is 9.05. The molecule has 2 fully saturated rings. The van der Waals surface area contributed by atoms with Gasteiger partial charge in [-0.25, -0.2) is 14.6 Å². The Morgan fingerprint density at radius 2 is 2.04 bits per heavy atom. The Hall–Kier alpha value is -1.89. The summed E-state index contributed by atoms with van der Waals surface area (Å²) in [6, 6.07) is 4.46. The van der Waals surface area contributed by atoms with Crippen LogP contribution in [0.5, 0.6) is 0 Å². The lowest BCUT2D eigenvalue weighted by Gasteiger charge is -2.12. The molecule has 1 saturated carbocycles. The molecule has 5 rings (SSSR count). The Balaban J connectivity index is 1.47. The summed E-state index contributed by atoms with van der Waals surface area (Å²) in [5.41, 5.74) is 2.75. The minimum Gasteiger partial charge on any atom is -0.320 e. The van der Waals surface area contributed by atoms with Gasteiger partial charge in [0.05, 0.1) is 23.4 Å². The average Bonchev–Trinajstić information content (AvgIpc) is 3.20. The highest BCUT2D eigenvalue weighted by Crippen LogP contribution is 2.39. The Labute approximate surface area is 160 Å². The van der Waals surface area contributed by atoms with Gasteiger partial charge in [-0.05, 0) is 49.4 Å². The molecule has 26 heavy (non-hydrogen) atoms. The Morgan fingerprint density at radius 3 is 2.81 bits per heavy atom. The van der Waals surface area contributed by atoms with Gasteiger partial charge in [0, 0.05) is 23.2 Å². The molecular weight excluding hydrogens is 371 g/mol. The first-order valence-electron chi connectivity index (χ1n) is 8.86. The van der Waals surface area contributed by atoms with Crippen molar-refractivity contribution in [2.75, 3.05) is 18.4 Å². The highest BCUT2D eigenvalue weighted by molar-refractivity contribution is 6.32. The molecule has 1 atom stereocenters. The van der Waals surface area contributed by atoms with Gasteiger partial charge in [-0.3, -0.25) is 0 Å². The number of nitrogens with zero attached hydrogens (tertiary/aromatic N) is 4. The van der Waals surface area contributed by atoms with Gasteiger partial charge >= 0.3 is 0 Å². The molecule has 134 valence electrons. The normalized spacial score (nSPS) is 20.0. The summed E-state index contributed by atoms with van der Waals surface area (Å²) in [6.07, 6.45) is 6.87. The summed E-state index contributed by atoms with van der Waals surface area (Å²) in [6.45, 7) is 1.98. The summed E-state index contributed by atoms with van der Waals surface area (Å²) >= 11 is 12.9. The van der Waals surface area contributed by atoms with Crippen LogP contribution in [-0.4, -0.2) is 32.8 Å². The second-order valence-corrected chi connectivity index (χ2v) is 7.73. The minimum absolute atomic E-state index is 0.431. The smallest absolute Gasteiger partial charge is 0.227 e. The number of nitrogens with one attached hydrogen (secondary N) is 2. The van der Waals surface area contributed by atoms with Crippen molar-refractivity contribution in [3.05, 3.63) is 40.3 Å². The van der Waals surface area contributed by atoms with Crippen LogP contribution in [0.4, 0.5) is 11.6 Å². The van der Waals surface area contributed by atoms with Gasteiger partial charge in [0.2, 0.25) is 5.95 Å². The molecule has 6 nitrogen and oxygen atoms in total. The fraction of sp³-hybridized carbons (Fsp3) is 0.389. The molecule has 1 aromatic carbocycles. The van der Waals surface area contributed by atoms with Crippen molar-refractivity contribution >= 4 is 45.7 Å². The van der Waals surface area contributed by atoms with E-state index in [1.165, 1.54) is 0 Å².